The molecule has 2 rings (SSSR count). The first-order valence-corrected chi connectivity index (χ1v) is 6.78. The van der Waals surface area contributed by atoms with Crippen LogP contribution in [-0.4, -0.2) is 50.1 Å². The molecule has 0 saturated carbocycles. The minimum absolute atomic E-state index is 0.0698. The van der Waals surface area contributed by atoms with Crippen molar-refractivity contribution in [2.45, 2.75) is 25.7 Å². The Morgan fingerprint density at radius 1 is 1.28 bits per heavy atom. The third kappa shape index (κ3) is 3.22. The highest BCUT2D eigenvalue weighted by molar-refractivity contribution is 5.79. The molecule has 0 spiro atoms. The fourth-order valence-electron chi connectivity index (χ4n) is 2.77. The maximum Gasteiger partial charge on any atom is 0.225 e. The lowest BCUT2D eigenvalue weighted by Crippen LogP contribution is -2.37. The monoisotopic (exact) mass is 254 g/mol. The van der Waals surface area contributed by atoms with Gasteiger partial charge in [-0.3, -0.25) is 9.59 Å². The van der Waals surface area contributed by atoms with Crippen LogP contribution < -0.4 is 5.32 Å². The van der Waals surface area contributed by atoms with E-state index in [9.17, 15) is 9.59 Å². The summed E-state index contributed by atoms with van der Waals surface area (Å²) < 4.78 is 5.28. The van der Waals surface area contributed by atoms with Crippen LogP contribution in [0.2, 0.25) is 0 Å². The van der Waals surface area contributed by atoms with Crippen molar-refractivity contribution in [1.29, 1.82) is 0 Å². The highest BCUT2D eigenvalue weighted by atomic mass is 16.5. The smallest absolute Gasteiger partial charge is 0.225 e. The van der Waals surface area contributed by atoms with E-state index in [1.165, 1.54) is 0 Å². The van der Waals surface area contributed by atoms with Crippen molar-refractivity contribution in [3.63, 3.8) is 0 Å². The quantitative estimate of drug-likeness (QED) is 0.793. The number of amides is 2. The Hall–Kier alpha value is -1.10. The maximum atomic E-state index is 12.3. The molecule has 0 aliphatic carbocycles. The van der Waals surface area contributed by atoms with Crippen LogP contribution in [-0.2, 0) is 14.3 Å². The number of ether oxygens (including phenoxy) is 1. The number of carbonyl (C=O) groups excluding carboxylic acids is 2. The van der Waals surface area contributed by atoms with Gasteiger partial charge in [-0.1, -0.05) is 0 Å². The number of hydrogen-bond acceptors (Lipinski definition) is 3. The van der Waals surface area contributed by atoms with Gasteiger partial charge in [0.25, 0.3) is 0 Å². The lowest BCUT2D eigenvalue weighted by Gasteiger charge is -2.26. The molecule has 0 aromatic heterocycles. The fourth-order valence-corrected chi connectivity index (χ4v) is 2.77. The lowest BCUT2D eigenvalue weighted by molar-refractivity contribution is -0.137. The van der Waals surface area contributed by atoms with Gasteiger partial charge in [-0.15, -0.1) is 0 Å². The Morgan fingerprint density at radius 2 is 2.00 bits per heavy atom. The molecule has 5 nitrogen and oxygen atoms in total. The van der Waals surface area contributed by atoms with Gasteiger partial charge in [-0.05, 0) is 25.2 Å². The van der Waals surface area contributed by atoms with E-state index in [4.69, 9.17) is 4.74 Å². The topological polar surface area (TPSA) is 58.6 Å². The molecule has 2 fully saturated rings. The Bertz CT molecular complexity index is 313. The molecule has 1 unspecified atom stereocenters. The highest BCUT2D eigenvalue weighted by Crippen LogP contribution is 2.24. The second kappa shape index (κ2) is 6.18. The number of nitrogens with one attached hydrogen (secondary N) is 1. The number of carbonyl (C=O) groups is 2. The zero-order chi connectivity index (χ0) is 13.0. The Kier molecular flexibility index (Phi) is 4.58. The first kappa shape index (κ1) is 13.3. The molecule has 2 amide bonds. The largest absolute Gasteiger partial charge is 0.381 e. The number of rotatable bonds is 3. The minimum atomic E-state index is 0.0698. The lowest BCUT2D eigenvalue weighted by atomic mass is 9.99. The number of nitrogens with zero attached hydrogens (tertiary/aromatic N) is 1. The van der Waals surface area contributed by atoms with Gasteiger partial charge in [-0.25, -0.2) is 0 Å². The zero-order valence-electron chi connectivity index (χ0n) is 11.0. The molecule has 0 bridgehead atoms. The molecule has 2 heterocycles. The van der Waals surface area contributed by atoms with Gasteiger partial charge in [0.2, 0.25) is 11.8 Å². The number of likely N-dealkylation sites (tertiary alicyclic amines) is 1. The van der Waals surface area contributed by atoms with Crippen LogP contribution in [0.25, 0.3) is 0 Å². The van der Waals surface area contributed by atoms with Crippen molar-refractivity contribution in [1.82, 2.24) is 10.2 Å². The van der Waals surface area contributed by atoms with Crippen LogP contribution in [0.5, 0.6) is 0 Å². The highest BCUT2D eigenvalue weighted by Gasteiger charge is 2.32. The van der Waals surface area contributed by atoms with Gasteiger partial charge in [-0.2, -0.15) is 0 Å². The molecule has 1 atom stereocenters. The predicted molar refractivity (Wildman–Crippen MR) is 66.9 cm³/mol. The van der Waals surface area contributed by atoms with Crippen LogP contribution in [0.15, 0.2) is 0 Å². The summed E-state index contributed by atoms with van der Waals surface area (Å²) in [5.74, 6) is 0.796. The van der Waals surface area contributed by atoms with E-state index >= 15 is 0 Å². The van der Waals surface area contributed by atoms with Gasteiger partial charge in [0.1, 0.15) is 0 Å². The van der Waals surface area contributed by atoms with Gasteiger partial charge >= 0.3 is 0 Å². The first-order chi connectivity index (χ1) is 8.70. The van der Waals surface area contributed by atoms with Crippen LogP contribution in [0.4, 0.5) is 0 Å². The molecule has 0 aromatic carbocycles. The average molecular weight is 254 g/mol. The van der Waals surface area contributed by atoms with Crippen molar-refractivity contribution in [3.05, 3.63) is 0 Å². The van der Waals surface area contributed by atoms with E-state index in [0.717, 1.165) is 32.4 Å². The normalized spacial score (nSPS) is 25.2. The Morgan fingerprint density at radius 3 is 2.67 bits per heavy atom. The predicted octanol–water partition coefficient (Wildman–Crippen LogP) is 0.398. The molecule has 5 heteroatoms. The first-order valence-electron chi connectivity index (χ1n) is 6.78. The Balaban J connectivity index is 1.80. The van der Waals surface area contributed by atoms with Gasteiger partial charge in [0.15, 0.2) is 0 Å². The van der Waals surface area contributed by atoms with Crippen molar-refractivity contribution in [2.75, 3.05) is 33.4 Å². The van der Waals surface area contributed by atoms with E-state index in [1.54, 1.807) is 7.05 Å². The molecule has 102 valence electrons. The molecule has 2 aliphatic rings. The third-order valence-electron chi connectivity index (χ3n) is 3.92. The molecule has 2 saturated heterocycles. The van der Waals surface area contributed by atoms with E-state index in [2.05, 4.69) is 5.32 Å². The molecule has 2 aliphatic heterocycles. The Labute approximate surface area is 108 Å². The standard InChI is InChI=1S/C13H22N2O3/c1-14-12(16)8-10-2-5-15(9-10)13(17)11-3-6-18-7-4-11/h10-11H,2-9H2,1H3,(H,14,16). The summed E-state index contributed by atoms with van der Waals surface area (Å²) >= 11 is 0. The zero-order valence-corrected chi connectivity index (χ0v) is 11.0. The fraction of sp³-hybridized carbons (Fsp3) is 0.846. The number of hydrogen-bond donors (Lipinski definition) is 1. The summed E-state index contributed by atoms with van der Waals surface area (Å²) in [5.41, 5.74) is 0. The van der Waals surface area contributed by atoms with Crippen molar-refractivity contribution in [2.24, 2.45) is 11.8 Å². The van der Waals surface area contributed by atoms with Crippen molar-refractivity contribution >= 4 is 11.8 Å². The second-order valence-electron chi connectivity index (χ2n) is 5.20. The second-order valence-corrected chi connectivity index (χ2v) is 5.20. The SMILES string of the molecule is CNC(=O)CC1CCN(C(=O)C2CCOCC2)C1. The minimum Gasteiger partial charge on any atom is -0.381 e. The summed E-state index contributed by atoms with van der Waals surface area (Å²) in [6.45, 7) is 2.94. The van der Waals surface area contributed by atoms with E-state index < -0.39 is 0 Å². The molecular weight excluding hydrogens is 232 g/mol. The molecular formula is C13H22N2O3. The van der Waals surface area contributed by atoms with Gasteiger partial charge in [0.05, 0.1) is 0 Å². The average Bonchev–Trinajstić information content (AvgIpc) is 2.87. The van der Waals surface area contributed by atoms with E-state index in [0.29, 0.717) is 25.6 Å². The van der Waals surface area contributed by atoms with Gasteiger partial charge < -0.3 is 15.0 Å². The molecule has 0 radical (unpaired) electrons. The van der Waals surface area contributed by atoms with Crippen LogP contribution >= 0.6 is 0 Å². The molecule has 0 aromatic rings. The van der Waals surface area contributed by atoms with Crippen LogP contribution in [0.1, 0.15) is 25.7 Å². The van der Waals surface area contributed by atoms with Crippen LogP contribution in [0, 0.1) is 11.8 Å². The maximum absolute atomic E-state index is 12.3. The summed E-state index contributed by atoms with van der Waals surface area (Å²) in [6, 6.07) is 0. The summed E-state index contributed by atoms with van der Waals surface area (Å²) in [6.07, 6.45) is 3.17. The molecule has 1 N–H and O–H groups in total. The van der Waals surface area contributed by atoms with Crippen molar-refractivity contribution in [3.8, 4) is 0 Å². The third-order valence-corrected chi connectivity index (χ3v) is 3.92. The molecule has 18 heavy (non-hydrogen) atoms. The summed E-state index contributed by atoms with van der Waals surface area (Å²) in [5, 5.41) is 2.64. The van der Waals surface area contributed by atoms with Gasteiger partial charge in [0, 0.05) is 45.7 Å². The van der Waals surface area contributed by atoms with E-state index in [1.807, 2.05) is 4.90 Å². The summed E-state index contributed by atoms with van der Waals surface area (Å²) in [7, 11) is 1.65. The van der Waals surface area contributed by atoms with Crippen LogP contribution in [0.3, 0.4) is 0 Å². The van der Waals surface area contributed by atoms with Crippen molar-refractivity contribution < 1.29 is 14.3 Å². The van der Waals surface area contributed by atoms with E-state index in [-0.39, 0.29) is 17.7 Å². The summed E-state index contributed by atoms with van der Waals surface area (Å²) in [4.78, 5) is 25.5.